The van der Waals surface area contributed by atoms with E-state index in [4.69, 9.17) is 9.47 Å². The Hall–Kier alpha value is -0.814. The summed E-state index contributed by atoms with van der Waals surface area (Å²) in [4.78, 5) is 25.0. The van der Waals surface area contributed by atoms with E-state index in [-0.39, 0.29) is 70.2 Å². The minimum atomic E-state index is -5.02. The van der Waals surface area contributed by atoms with E-state index < -0.39 is 32.5 Å². The third-order valence-corrected chi connectivity index (χ3v) is 9.38. The van der Waals surface area contributed by atoms with Crippen LogP contribution in [0.5, 0.6) is 0 Å². The Morgan fingerprint density at radius 1 is 0.571 bits per heavy atom. The van der Waals surface area contributed by atoms with Gasteiger partial charge in [0.25, 0.3) is 0 Å². The maximum absolute atomic E-state index is 12.9. The molecule has 1 aromatic rings. The largest absolute Gasteiger partial charge is 1.00 e. The summed E-state index contributed by atoms with van der Waals surface area (Å²) >= 11 is 0. The summed E-state index contributed by atoms with van der Waals surface area (Å²) in [6.45, 7) is 4.65. The van der Waals surface area contributed by atoms with E-state index in [0.29, 0.717) is 12.8 Å². The van der Waals surface area contributed by atoms with E-state index in [1.165, 1.54) is 115 Å². The second-order valence-electron chi connectivity index (χ2n) is 12.9. The minimum Gasteiger partial charge on any atom is -0.744 e. The molecule has 0 N–H and O–H groups in total. The maximum Gasteiger partial charge on any atom is 1.00 e. The van der Waals surface area contributed by atoms with E-state index in [9.17, 15) is 22.6 Å². The Balaban J connectivity index is 0.0000230. The second-order valence-corrected chi connectivity index (χ2v) is 14.2. The first-order chi connectivity index (χ1) is 23.3. The number of hydrogen-bond acceptors (Lipinski definition) is 7. The number of unbranched alkanes of at least 4 members (excludes halogenated alkanes) is 20. The molecule has 7 nitrogen and oxygen atoms in total. The summed E-state index contributed by atoms with van der Waals surface area (Å²) in [7, 11) is -5.02. The van der Waals surface area contributed by atoms with Crippen LogP contribution in [-0.4, -0.2) is 38.1 Å². The molecule has 9 heteroatoms. The van der Waals surface area contributed by atoms with Gasteiger partial charge in [0, 0.05) is 0 Å². The van der Waals surface area contributed by atoms with Crippen molar-refractivity contribution >= 4 is 22.1 Å². The molecule has 49 heavy (non-hydrogen) atoms. The van der Waals surface area contributed by atoms with Gasteiger partial charge in [-0.05, 0) is 76.3 Å². The van der Waals surface area contributed by atoms with Crippen LogP contribution in [0.1, 0.15) is 189 Å². The van der Waals surface area contributed by atoms with Gasteiger partial charge in [-0.25, -0.2) is 18.0 Å². The molecule has 0 spiro atoms. The number of benzene rings is 1. The number of esters is 2. The Morgan fingerprint density at radius 3 is 1.35 bits per heavy atom. The average molecular weight is 729 g/mol. The zero-order valence-electron chi connectivity index (χ0n) is 31.2. The van der Waals surface area contributed by atoms with Gasteiger partial charge in [0.15, 0.2) is 0 Å². The van der Waals surface area contributed by atoms with E-state index in [0.717, 1.165) is 44.6 Å². The number of allylic oxidation sites excluding steroid dienone is 4. The molecule has 0 aliphatic rings. The van der Waals surface area contributed by atoms with E-state index in [2.05, 4.69) is 38.2 Å². The van der Waals surface area contributed by atoms with Crippen LogP contribution in [0.15, 0.2) is 47.4 Å². The molecule has 1 rings (SSSR count). The smallest absolute Gasteiger partial charge is 0.744 e. The van der Waals surface area contributed by atoms with Crippen molar-refractivity contribution in [2.75, 3.05) is 13.2 Å². The third-order valence-electron chi connectivity index (χ3n) is 8.50. The van der Waals surface area contributed by atoms with Crippen molar-refractivity contribution in [3.63, 3.8) is 0 Å². The van der Waals surface area contributed by atoms with Crippen LogP contribution in [0.3, 0.4) is 0 Å². The van der Waals surface area contributed by atoms with Crippen LogP contribution < -0.4 is 51.4 Å². The molecular weight excluding hydrogens is 664 g/mol. The van der Waals surface area contributed by atoms with Gasteiger partial charge < -0.3 is 14.0 Å². The van der Waals surface area contributed by atoms with Gasteiger partial charge in [-0.15, -0.1) is 0 Å². The molecule has 0 amide bonds. The monoisotopic (exact) mass is 728 g/mol. The normalized spacial score (nSPS) is 11.7. The minimum absolute atomic E-state index is 0. The number of hydrogen-bond donors (Lipinski definition) is 0. The summed E-state index contributed by atoms with van der Waals surface area (Å²) in [5.41, 5.74) is -0.822. The number of rotatable bonds is 31. The van der Waals surface area contributed by atoms with Gasteiger partial charge >= 0.3 is 63.3 Å². The maximum atomic E-state index is 12.9. The number of carbonyl (C=O) groups is 2. The van der Waals surface area contributed by atoms with Crippen LogP contribution in [-0.2, 0) is 19.6 Å². The van der Waals surface area contributed by atoms with E-state index in [1.807, 2.05) is 0 Å². The van der Waals surface area contributed by atoms with Crippen LogP contribution >= 0.6 is 0 Å². The Bertz CT molecular complexity index is 1150. The molecule has 274 valence electrons. The Labute approximate surface area is 342 Å². The van der Waals surface area contributed by atoms with Crippen LogP contribution in [0.4, 0.5) is 0 Å². The van der Waals surface area contributed by atoms with E-state index in [1.54, 1.807) is 0 Å². The van der Waals surface area contributed by atoms with Crippen molar-refractivity contribution in [1.29, 1.82) is 0 Å². The van der Waals surface area contributed by atoms with Crippen molar-refractivity contribution < 1.29 is 83.4 Å². The number of carbonyl (C=O) groups excluding carboxylic acids is 2. The first-order valence-corrected chi connectivity index (χ1v) is 20.5. The van der Waals surface area contributed by atoms with Crippen molar-refractivity contribution in [2.24, 2.45) is 0 Å². The van der Waals surface area contributed by atoms with Crippen LogP contribution in [0, 0.1) is 0 Å². The zero-order chi connectivity index (χ0) is 35.1. The molecule has 0 saturated heterocycles. The average Bonchev–Trinajstić information content (AvgIpc) is 3.07. The van der Waals surface area contributed by atoms with Gasteiger partial charge in [-0.1, -0.05) is 134 Å². The fraction of sp³-hybridized carbons (Fsp3) is 0.700. The van der Waals surface area contributed by atoms with Crippen molar-refractivity contribution in [1.82, 2.24) is 0 Å². The topological polar surface area (TPSA) is 110 Å². The predicted octanol–water partition coefficient (Wildman–Crippen LogP) is 8.42. The zero-order valence-corrected chi connectivity index (χ0v) is 35.1. The van der Waals surface area contributed by atoms with Crippen molar-refractivity contribution in [3.8, 4) is 0 Å². The molecule has 0 aliphatic heterocycles. The third kappa shape index (κ3) is 25.7. The molecule has 1 aromatic carbocycles. The van der Waals surface area contributed by atoms with Crippen LogP contribution in [0.25, 0.3) is 0 Å². The second kappa shape index (κ2) is 33.1. The van der Waals surface area contributed by atoms with Crippen molar-refractivity contribution in [2.45, 2.75) is 173 Å². The Kier molecular flexibility index (Phi) is 32.5. The molecule has 0 aliphatic carbocycles. The van der Waals surface area contributed by atoms with Gasteiger partial charge in [-0.2, -0.15) is 0 Å². The fourth-order valence-corrected chi connectivity index (χ4v) is 6.28. The molecule has 0 atom stereocenters. The molecule has 0 radical (unpaired) electrons. The summed E-state index contributed by atoms with van der Waals surface area (Å²) in [5, 5.41) is 0. The predicted molar refractivity (Wildman–Crippen MR) is 195 cm³/mol. The summed E-state index contributed by atoms with van der Waals surface area (Å²) in [6, 6.07) is 3.57. The molecule has 0 heterocycles. The quantitative estimate of drug-likeness (QED) is 0.0248. The summed E-state index contributed by atoms with van der Waals surface area (Å²) in [5.74, 6) is -1.86. The molecular formula is C40H65KO7S. The van der Waals surface area contributed by atoms with Crippen molar-refractivity contribution in [3.05, 3.63) is 53.6 Å². The summed E-state index contributed by atoms with van der Waals surface area (Å²) < 4.78 is 46.4. The van der Waals surface area contributed by atoms with Gasteiger partial charge in [-0.3, -0.25) is 0 Å². The van der Waals surface area contributed by atoms with E-state index >= 15 is 0 Å². The number of ether oxygens (including phenoxy) is 2. The standard InChI is InChI=1S/C40H66O7S.K/c1-3-5-7-9-11-13-15-17-19-21-23-25-27-29-34-46-39(41)36-32-31-33-37(48(43,44)45)38(36)40(42)47-35-30-28-26-24-22-20-18-16-14-12-10-8-6-4-2;/h21-24,31-33H,3-20,25-30,34-35H2,1-2H3,(H,43,44,45);/q;+1/p-1/b23-21+,24-22+;. The molecule has 0 aromatic heterocycles. The molecule has 0 fully saturated rings. The first kappa shape index (κ1) is 48.2. The van der Waals surface area contributed by atoms with Gasteiger partial charge in [0.2, 0.25) is 0 Å². The van der Waals surface area contributed by atoms with Gasteiger partial charge in [0.1, 0.15) is 10.1 Å². The molecule has 0 saturated carbocycles. The summed E-state index contributed by atoms with van der Waals surface area (Å²) in [6.07, 6.45) is 36.3. The van der Waals surface area contributed by atoms with Crippen LogP contribution in [0.2, 0.25) is 0 Å². The SMILES string of the molecule is CCCCCCCCCC/C=C/CCCCOC(=O)c1cccc(S(=O)(=O)[O-])c1C(=O)OCCCC/C=C/CCCCCCCCCC.[K+]. The Morgan fingerprint density at radius 2 is 0.939 bits per heavy atom. The molecule has 0 bridgehead atoms. The van der Waals surface area contributed by atoms with Gasteiger partial charge in [0.05, 0.1) is 29.2 Å². The molecule has 0 unspecified atom stereocenters. The fourth-order valence-electron chi connectivity index (χ4n) is 5.59. The first-order valence-electron chi connectivity index (χ1n) is 19.1.